The van der Waals surface area contributed by atoms with Crippen LogP contribution in [0.4, 0.5) is 0 Å². The van der Waals surface area contributed by atoms with E-state index in [2.05, 4.69) is 11.1 Å². The smallest absolute Gasteiger partial charge is 0.240 e. The van der Waals surface area contributed by atoms with Crippen LogP contribution in [0.3, 0.4) is 0 Å². The van der Waals surface area contributed by atoms with Crippen LogP contribution in [0.5, 0.6) is 0 Å². The number of rotatable bonds is 3. The average Bonchev–Trinajstić information content (AvgIpc) is 3.21. The van der Waals surface area contributed by atoms with Gasteiger partial charge in [0.25, 0.3) is 0 Å². The number of carbonyl (C=O) groups is 1. The number of amides is 1. The second-order valence-corrected chi connectivity index (χ2v) is 6.61. The molecule has 1 aromatic heterocycles. The first kappa shape index (κ1) is 14.7. The highest BCUT2D eigenvalue weighted by atomic mass is 16.5. The van der Waals surface area contributed by atoms with E-state index in [1.54, 1.807) is 0 Å². The number of H-pyrrole nitrogens is 1. The van der Waals surface area contributed by atoms with Crippen molar-refractivity contribution in [3.63, 3.8) is 0 Å². The fourth-order valence-electron chi connectivity index (χ4n) is 4.01. The Hall–Kier alpha value is -1.85. The van der Waals surface area contributed by atoms with Gasteiger partial charge in [0, 0.05) is 30.3 Å². The zero-order chi connectivity index (χ0) is 15.8. The summed E-state index contributed by atoms with van der Waals surface area (Å²) in [6.45, 7) is 1.57. The third-order valence-corrected chi connectivity index (χ3v) is 5.18. The summed E-state index contributed by atoms with van der Waals surface area (Å²) in [7, 11) is 0. The number of aromatic amines is 1. The summed E-state index contributed by atoms with van der Waals surface area (Å²) < 4.78 is 5.74. The van der Waals surface area contributed by atoms with Crippen molar-refractivity contribution in [2.24, 2.45) is 5.73 Å². The summed E-state index contributed by atoms with van der Waals surface area (Å²) in [6.07, 6.45) is 5.76. The van der Waals surface area contributed by atoms with Gasteiger partial charge in [-0.3, -0.25) is 4.79 Å². The van der Waals surface area contributed by atoms with Crippen molar-refractivity contribution in [3.8, 4) is 0 Å². The lowest BCUT2D eigenvalue weighted by Crippen LogP contribution is -2.54. The Labute approximate surface area is 135 Å². The molecule has 5 heteroatoms. The standard InChI is InChI=1S/C18H23N3O2/c19-14(10-12-11-20-15-5-2-1-4-13(12)15)18(22)21-8-3-6-17-16(21)7-9-23-17/h1-2,4-5,11,14,16-17,20H,3,6-10,19H2/t14-,16+,17+/m1/s1. The molecule has 2 saturated heterocycles. The summed E-state index contributed by atoms with van der Waals surface area (Å²) in [5.74, 6) is 0.0653. The number of hydrogen-bond acceptors (Lipinski definition) is 3. The lowest BCUT2D eigenvalue weighted by Gasteiger charge is -2.38. The molecule has 2 aliphatic rings. The number of benzene rings is 1. The number of likely N-dealkylation sites (tertiary alicyclic amines) is 1. The van der Waals surface area contributed by atoms with Gasteiger partial charge in [-0.15, -0.1) is 0 Å². The number of nitrogens with one attached hydrogen (secondary N) is 1. The van der Waals surface area contributed by atoms with Crippen LogP contribution in [0.2, 0.25) is 0 Å². The molecule has 0 aliphatic carbocycles. The molecular weight excluding hydrogens is 290 g/mol. The number of fused-ring (bicyclic) bond motifs is 2. The minimum absolute atomic E-state index is 0.0653. The van der Waals surface area contributed by atoms with Gasteiger partial charge in [-0.1, -0.05) is 18.2 Å². The third-order valence-electron chi connectivity index (χ3n) is 5.18. The molecular formula is C18H23N3O2. The molecule has 5 nitrogen and oxygen atoms in total. The van der Waals surface area contributed by atoms with Crippen LogP contribution in [-0.2, 0) is 16.0 Å². The Kier molecular flexibility index (Phi) is 3.83. The SMILES string of the molecule is N[C@H](Cc1c[nH]c2ccccc12)C(=O)N1CCC[C@@H]2OCC[C@@H]21. The van der Waals surface area contributed by atoms with Gasteiger partial charge in [0.1, 0.15) is 0 Å². The van der Waals surface area contributed by atoms with Gasteiger partial charge >= 0.3 is 0 Å². The van der Waals surface area contributed by atoms with E-state index in [9.17, 15) is 4.79 Å². The zero-order valence-corrected chi connectivity index (χ0v) is 13.2. The average molecular weight is 313 g/mol. The minimum Gasteiger partial charge on any atom is -0.376 e. The van der Waals surface area contributed by atoms with Gasteiger partial charge in [-0.2, -0.15) is 0 Å². The predicted octanol–water partition coefficient (Wildman–Crippen LogP) is 1.82. The van der Waals surface area contributed by atoms with Gasteiger partial charge in [-0.05, 0) is 37.3 Å². The van der Waals surface area contributed by atoms with Crippen LogP contribution < -0.4 is 5.73 Å². The summed E-state index contributed by atoms with van der Waals surface area (Å²) in [5.41, 5.74) is 8.46. The third kappa shape index (κ3) is 2.64. The van der Waals surface area contributed by atoms with Gasteiger partial charge in [0.05, 0.1) is 18.2 Å². The first-order chi connectivity index (χ1) is 11.2. The highest BCUT2D eigenvalue weighted by molar-refractivity contribution is 5.86. The number of carbonyl (C=O) groups excluding carboxylic acids is 1. The minimum atomic E-state index is -0.492. The Morgan fingerprint density at radius 3 is 3.17 bits per heavy atom. The van der Waals surface area contributed by atoms with Crippen molar-refractivity contribution < 1.29 is 9.53 Å². The highest BCUT2D eigenvalue weighted by Gasteiger charge is 2.39. The maximum absolute atomic E-state index is 12.8. The summed E-state index contributed by atoms with van der Waals surface area (Å²) in [5, 5.41) is 1.15. The van der Waals surface area contributed by atoms with Gasteiger partial charge in [0.15, 0.2) is 0 Å². The number of piperidine rings is 1. The molecule has 1 aromatic carbocycles. The molecule has 1 amide bonds. The molecule has 0 spiro atoms. The monoisotopic (exact) mass is 313 g/mol. The molecule has 23 heavy (non-hydrogen) atoms. The molecule has 3 heterocycles. The van der Waals surface area contributed by atoms with Crippen LogP contribution in [0.25, 0.3) is 10.9 Å². The molecule has 0 bridgehead atoms. The Bertz CT molecular complexity index is 711. The number of nitrogens with two attached hydrogens (primary N) is 1. The van der Waals surface area contributed by atoms with E-state index in [4.69, 9.17) is 10.5 Å². The number of para-hydroxylation sites is 1. The maximum Gasteiger partial charge on any atom is 0.240 e. The molecule has 0 radical (unpaired) electrons. The van der Waals surface area contributed by atoms with E-state index in [0.29, 0.717) is 6.42 Å². The molecule has 2 aliphatic heterocycles. The topological polar surface area (TPSA) is 71.4 Å². The predicted molar refractivity (Wildman–Crippen MR) is 89.1 cm³/mol. The van der Waals surface area contributed by atoms with Crippen molar-refractivity contribution in [1.82, 2.24) is 9.88 Å². The van der Waals surface area contributed by atoms with E-state index >= 15 is 0 Å². The molecule has 3 N–H and O–H groups in total. The Balaban J connectivity index is 1.50. The first-order valence-corrected chi connectivity index (χ1v) is 8.46. The van der Waals surface area contributed by atoms with E-state index < -0.39 is 6.04 Å². The number of aromatic nitrogens is 1. The normalized spacial score (nSPS) is 25.5. The van der Waals surface area contributed by atoms with Gasteiger partial charge in [0.2, 0.25) is 5.91 Å². The lowest BCUT2D eigenvalue weighted by molar-refractivity contribution is -0.138. The molecule has 2 aromatic rings. The first-order valence-electron chi connectivity index (χ1n) is 8.46. The molecule has 2 fully saturated rings. The van der Waals surface area contributed by atoms with Crippen molar-refractivity contribution in [3.05, 3.63) is 36.0 Å². The quantitative estimate of drug-likeness (QED) is 0.908. The molecule has 0 saturated carbocycles. The molecule has 0 unspecified atom stereocenters. The highest BCUT2D eigenvalue weighted by Crippen LogP contribution is 2.29. The number of hydrogen-bond donors (Lipinski definition) is 2. The van der Waals surface area contributed by atoms with Crippen LogP contribution in [0.1, 0.15) is 24.8 Å². The molecule has 3 atom stereocenters. The Morgan fingerprint density at radius 2 is 2.26 bits per heavy atom. The Morgan fingerprint density at radius 1 is 1.39 bits per heavy atom. The van der Waals surface area contributed by atoms with Crippen molar-refractivity contribution >= 4 is 16.8 Å². The van der Waals surface area contributed by atoms with E-state index in [1.165, 1.54) is 0 Å². The van der Waals surface area contributed by atoms with Crippen molar-refractivity contribution in [2.45, 2.75) is 43.9 Å². The van der Waals surface area contributed by atoms with E-state index in [1.807, 2.05) is 29.3 Å². The number of ether oxygens (including phenoxy) is 1. The van der Waals surface area contributed by atoms with Crippen LogP contribution >= 0.6 is 0 Å². The maximum atomic E-state index is 12.8. The zero-order valence-electron chi connectivity index (χ0n) is 13.2. The van der Waals surface area contributed by atoms with Crippen molar-refractivity contribution in [2.75, 3.05) is 13.2 Å². The van der Waals surface area contributed by atoms with Crippen molar-refractivity contribution in [1.29, 1.82) is 0 Å². The largest absolute Gasteiger partial charge is 0.376 e. The van der Waals surface area contributed by atoms with E-state index in [-0.39, 0.29) is 18.1 Å². The molecule has 122 valence electrons. The summed E-state index contributed by atoms with van der Waals surface area (Å²) in [4.78, 5) is 18.1. The van der Waals surface area contributed by atoms with Gasteiger partial charge < -0.3 is 20.4 Å². The lowest BCUT2D eigenvalue weighted by atomic mass is 9.96. The fraction of sp³-hybridized carbons (Fsp3) is 0.500. The van der Waals surface area contributed by atoms with E-state index in [0.717, 1.165) is 48.9 Å². The summed E-state index contributed by atoms with van der Waals surface area (Å²) in [6, 6.07) is 7.86. The summed E-state index contributed by atoms with van der Waals surface area (Å²) >= 11 is 0. The van der Waals surface area contributed by atoms with Crippen LogP contribution in [0, 0.1) is 0 Å². The van der Waals surface area contributed by atoms with Crippen LogP contribution in [-0.4, -0.2) is 47.1 Å². The van der Waals surface area contributed by atoms with Gasteiger partial charge in [-0.25, -0.2) is 0 Å². The fourth-order valence-corrected chi connectivity index (χ4v) is 4.01. The second-order valence-electron chi connectivity index (χ2n) is 6.61. The number of nitrogens with zero attached hydrogens (tertiary/aromatic N) is 1. The second kappa shape index (κ2) is 5.98. The molecule has 4 rings (SSSR count). The van der Waals surface area contributed by atoms with Crippen LogP contribution in [0.15, 0.2) is 30.5 Å².